The quantitative estimate of drug-likeness (QED) is 0.373. The van der Waals surface area contributed by atoms with Crippen molar-refractivity contribution >= 4 is 40.9 Å². The normalized spacial score (nSPS) is 17.5. The Morgan fingerprint density at radius 1 is 1.02 bits per heavy atom. The number of aliphatic imine (C=N–C) groups is 1. The van der Waals surface area contributed by atoms with E-state index < -0.39 is 24.1 Å². The minimum Gasteiger partial charge on any atom is -0.463 e. The number of nitrogens with zero attached hydrogens (tertiary/aromatic N) is 3. The van der Waals surface area contributed by atoms with Crippen molar-refractivity contribution in [3.05, 3.63) is 71.3 Å². The summed E-state index contributed by atoms with van der Waals surface area (Å²) in [6, 6.07) is 12.1. The minimum absolute atomic E-state index is 0.159. The van der Waals surface area contributed by atoms with Crippen LogP contribution in [-0.2, 0) is 19.1 Å². The van der Waals surface area contributed by atoms with Gasteiger partial charge in [-0.2, -0.15) is 0 Å². The lowest BCUT2D eigenvalue weighted by atomic mass is 10.0. The van der Waals surface area contributed by atoms with Crippen LogP contribution in [0.3, 0.4) is 0 Å². The van der Waals surface area contributed by atoms with Crippen LogP contribution in [0.15, 0.2) is 59.6 Å². The summed E-state index contributed by atoms with van der Waals surface area (Å²) in [7, 11) is 0. The fraction of sp³-hybridized carbons (Fsp3) is 0.406. The van der Waals surface area contributed by atoms with E-state index in [1.54, 1.807) is 25.1 Å². The van der Waals surface area contributed by atoms with Gasteiger partial charge < -0.3 is 20.3 Å². The largest absolute Gasteiger partial charge is 0.463 e. The molecule has 2 heterocycles. The molecule has 0 aliphatic carbocycles. The molecule has 0 bridgehead atoms. The average Bonchev–Trinajstić information content (AvgIpc) is 3.03. The fourth-order valence-corrected chi connectivity index (χ4v) is 5.21. The van der Waals surface area contributed by atoms with Crippen molar-refractivity contribution in [2.75, 3.05) is 36.5 Å². The zero-order valence-electron chi connectivity index (χ0n) is 24.5. The SMILES string of the molecule is CCOC(=O)C=CC1=NC(NC(=O)Nc2cccc(C)c2)C(=O)N(CC(=O)N2CCCCCCC2)c2c(C)cccc21. The Bertz CT molecular complexity index is 1380. The third kappa shape index (κ3) is 7.84. The van der Waals surface area contributed by atoms with Gasteiger partial charge in [0.15, 0.2) is 0 Å². The monoisotopic (exact) mass is 573 g/mol. The first-order valence-corrected chi connectivity index (χ1v) is 14.5. The highest BCUT2D eigenvalue weighted by Gasteiger charge is 2.35. The topological polar surface area (TPSA) is 120 Å². The number of allylic oxidation sites excluding steroid dienone is 1. The van der Waals surface area contributed by atoms with Gasteiger partial charge in [0.05, 0.1) is 18.0 Å². The van der Waals surface area contributed by atoms with Crippen LogP contribution in [0.25, 0.3) is 0 Å². The molecule has 2 aliphatic rings. The molecule has 42 heavy (non-hydrogen) atoms. The summed E-state index contributed by atoms with van der Waals surface area (Å²) < 4.78 is 5.04. The second-order valence-electron chi connectivity index (χ2n) is 10.5. The minimum atomic E-state index is -1.36. The van der Waals surface area contributed by atoms with E-state index in [1.807, 2.05) is 43.0 Å². The van der Waals surface area contributed by atoms with Gasteiger partial charge in [-0.15, -0.1) is 0 Å². The van der Waals surface area contributed by atoms with Crippen LogP contribution in [0, 0.1) is 13.8 Å². The van der Waals surface area contributed by atoms with Gasteiger partial charge in [0.25, 0.3) is 5.91 Å². The van der Waals surface area contributed by atoms with Crippen molar-refractivity contribution < 1.29 is 23.9 Å². The van der Waals surface area contributed by atoms with E-state index in [0.29, 0.717) is 35.7 Å². The lowest BCUT2D eigenvalue weighted by Gasteiger charge is -2.30. The number of carbonyl (C=O) groups excluding carboxylic acids is 4. The summed E-state index contributed by atoms with van der Waals surface area (Å²) in [6.45, 7) is 6.77. The number of ether oxygens (including phenoxy) is 1. The molecule has 2 N–H and O–H groups in total. The summed E-state index contributed by atoms with van der Waals surface area (Å²) in [4.78, 5) is 60.8. The van der Waals surface area contributed by atoms with Crippen molar-refractivity contribution in [1.29, 1.82) is 0 Å². The molecule has 2 aliphatic heterocycles. The molecule has 1 unspecified atom stereocenters. The number of hydrogen-bond acceptors (Lipinski definition) is 6. The first kappa shape index (κ1) is 30.5. The smallest absolute Gasteiger partial charge is 0.330 e. The van der Waals surface area contributed by atoms with Gasteiger partial charge in [-0.25, -0.2) is 14.6 Å². The number of anilines is 2. The number of amides is 4. The van der Waals surface area contributed by atoms with Crippen molar-refractivity contribution in [1.82, 2.24) is 10.2 Å². The molecule has 2 aromatic rings. The molecule has 1 saturated heterocycles. The zero-order chi connectivity index (χ0) is 30.1. The number of benzene rings is 2. The number of fused-ring (bicyclic) bond motifs is 1. The van der Waals surface area contributed by atoms with E-state index >= 15 is 0 Å². The lowest BCUT2D eigenvalue weighted by molar-refractivity contribution is -0.137. The molecule has 222 valence electrons. The number of rotatable bonds is 7. The molecule has 4 rings (SSSR count). The highest BCUT2D eigenvalue weighted by atomic mass is 16.5. The van der Waals surface area contributed by atoms with Gasteiger partial charge in [-0.05, 0) is 62.9 Å². The summed E-state index contributed by atoms with van der Waals surface area (Å²) in [5.41, 5.74) is 3.65. The van der Waals surface area contributed by atoms with Gasteiger partial charge >= 0.3 is 12.0 Å². The van der Waals surface area contributed by atoms with Crippen LogP contribution in [0.4, 0.5) is 16.2 Å². The Hall–Kier alpha value is -4.47. The van der Waals surface area contributed by atoms with Crippen molar-refractivity contribution in [2.24, 2.45) is 4.99 Å². The second-order valence-corrected chi connectivity index (χ2v) is 10.5. The van der Waals surface area contributed by atoms with Crippen LogP contribution in [0.5, 0.6) is 0 Å². The first-order valence-electron chi connectivity index (χ1n) is 14.5. The summed E-state index contributed by atoms with van der Waals surface area (Å²) in [5.74, 6) is -1.27. The molecule has 0 aromatic heterocycles. The maximum Gasteiger partial charge on any atom is 0.330 e. The van der Waals surface area contributed by atoms with Crippen LogP contribution in [-0.4, -0.2) is 66.8 Å². The molecular weight excluding hydrogens is 534 g/mol. The maximum atomic E-state index is 14.1. The number of esters is 1. The highest BCUT2D eigenvalue weighted by molar-refractivity contribution is 6.20. The van der Waals surface area contributed by atoms with E-state index in [4.69, 9.17) is 4.74 Å². The van der Waals surface area contributed by atoms with Crippen molar-refractivity contribution in [3.63, 3.8) is 0 Å². The number of carbonyl (C=O) groups is 4. The van der Waals surface area contributed by atoms with E-state index in [-0.39, 0.29) is 19.1 Å². The average molecular weight is 574 g/mol. The predicted octanol–water partition coefficient (Wildman–Crippen LogP) is 4.50. The second kappa shape index (κ2) is 14.4. The molecule has 10 heteroatoms. The third-order valence-corrected chi connectivity index (χ3v) is 7.26. The zero-order valence-corrected chi connectivity index (χ0v) is 24.5. The first-order chi connectivity index (χ1) is 20.3. The summed E-state index contributed by atoms with van der Waals surface area (Å²) in [6.07, 6.45) is 6.50. The van der Waals surface area contributed by atoms with Crippen LogP contribution < -0.4 is 15.5 Å². The van der Waals surface area contributed by atoms with Crippen molar-refractivity contribution in [2.45, 2.75) is 59.0 Å². The molecule has 2 aromatic carbocycles. The number of nitrogens with one attached hydrogen (secondary N) is 2. The van der Waals surface area contributed by atoms with E-state index in [2.05, 4.69) is 15.6 Å². The number of likely N-dealkylation sites (tertiary alicyclic amines) is 1. The molecule has 0 saturated carbocycles. The van der Waals surface area contributed by atoms with Crippen LogP contribution in [0.2, 0.25) is 0 Å². The number of para-hydroxylation sites is 1. The van der Waals surface area contributed by atoms with E-state index in [9.17, 15) is 19.2 Å². The van der Waals surface area contributed by atoms with Gasteiger partial charge in [0.1, 0.15) is 6.54 Å². The molecule has 1 atom stereocenters. The molecule has 10 nitrogen and oxygen atoms in total. The van der Waals surface area contributed by atoms with E-state index in [0.717, 1.165) is 43.2 Å². The third-order valence-electron chi connectivity index (χ3n) is 7.26. The van der Waals surface area contributed by atoms with Gasteiger partial charge in [0, 0.05) is 30.4 Å². The Labute approximate surface area is 246 Å². The summed E-state index contributed by atoms with van der Waals surface area (Å²) in [5, 5.41) is 5.42. The predicted molar refractivity (Wildman–Crippen MR) is 163 cm³/mol. The Kier molecular flexibility index (Phi) is 10.5. The molecular formula is C32H39N5O5. The fourth-order valence-electron chi connectivity index (χ4n) is 5.21. The number of aryl methyl sites for hydroxylation is 2. The Balaban J connectivity index is 1.70. The number of hydrogen-bond donors (Lipinski definition) is 2. The Morgan fingerprint density at radius 2 is 1.74 bits per heavy atom. The standard InChI is InChI=1S/C32H39N5O5/c1-4-42-28(39)17-16-26-25-15-11-13-23(3)29(25)37(21-27(38)36-18-8-6-5-7-9-19-36)31(40)30(34-26)35-32(41)33-24-14-10-12-22(2)20-24/h10-17,20,30H,4-9,18-19,21H2,1-3H3,(H2,33,35,41). The van der Waals surface area contributed by atoms with E-state index in [1.165, 1.54) is 17.1 Å². The van der Waals surface area contributed by atoms with Gasteiger partial charge in [-0.3, -0.25) is 14.5 Å². The number of urea groups is 1. The van der Waals surface area contributed by atoms with Crippen LogP contribution >= 0.6 is 0 Å². The maximum absolute atomic E-state index is 14.1. The van der Waals surface area contributed by atoms with Gasteiger partial charge in [0.2, 0.25) is 12.1 Å². The summed E-state index contributed by atoms with van der Waals surface area (Å²) >= 11 is 0. The molecule has 0 spiro atoms. The molecule has 4 amide bonds. The lowest BCUT2D eigenvalue weighted by Crippen LogP contribution is -2.52. The highest BCUT2D eigenvalue weighted by Crippen LogP contribution is 2.30. The molecule has 1 fully saturated rings. The van der Waals surface area contributed by atoms with Crippen molar-refractivity contribution in [3.8, 4) is 0 Å². The molecule has 0 radical (unpaired) electrons. The Morgan fingerprint density at radius 3 is 2.45 bits per heavy atom. The van der Waals surface area contributed by atoms with Crippen LogP contribution in [0.1, 0.15) is 55.7 Å². The number of benzodiazepines with no additional fused rings is 1. The van der Waals surface area contributed by atoms with Gasteiger partial charge in [-0.1, -0.05) is 49.6 Å².